The van der Waals surface area contributed by atoms with Crippen LogP contribution in [0.25, 0.3) is 0 Å². The fourth-order valence-electron chi connectivity index (χ4n) is 10.1. The standard InChI is InChI=1S/C24H39P.Pd/c1-2-3-4-25(23-11-17-5-18(12-23)7-19(6-17)13-23)24-14-20-8-21(15-24)10-22(9-20)16-24;/h17-22H,2-16H2,1H3;/q;+1. The third-order valence-corrected chi connectivity index (χ3v) is 14.0. The predicted molar refractivity (Wildman–Crippen MR) is 109 cm³/mol. The van der Waals surface area contributed by atoms with Crippen molar-refractivity contribution in [1.29, 1.82) is 0 Å². The Balaban J connectivity index is 0.00000150. The summed E-state index contributed by atoms with van der Waals surface area (Å²) in [6, 6.07) is 0. The van der Waals surface area contributed by atoms with Gasteiger partial charge in [-0.2, -0.15) is 0 Å². The van der Waals surface area contributed by atoms with Gasteiger partial charge in [0.15, 0.2) is 0 Å². The van der Waals surface area contributed by atoms with Crippen molar-refractivity contribution >= 4 is 7.92 Å². The monoisotopic (exact) mass is 464 g/mol. The van der Waals surface area contributed by atoms with Gasteiger partial charge < -0.3 is 0 Å². The van der Waals surface area contributed by atoms with Gasteiger partial charge in [-0.1, -0.05) is 21.3 Å². The van der Waals surface area contributed by atoms with E-state index in [0.29, 0.717) is 0 Å². The van der Waals surface area contributed by atoms with Crippen molar-refractivity contribution in [3.05, 3.63) is 0 Å². The minimum absolute atomic E-state index is 0. The Bertz CT molecular complexity index is 426. The van der Waals surface area contributed by atoms with Crippen molar-refractivity contribution in [3.63, 3.8) is 0 Å². The average molecular weight is 465 g/mol. The minimum atomic E-state index is 0. The van der Waals surface area contributed by atoms with Gasteiger partial charge in [-0.05, 0) is 135 Å². The van der Waals surface area contributed by atoms with Crippen LogP contribution in [0.3, 0.4) is 0 Å². The van der Waals surface area contributed by atoms with Crippen molar-refractivity contribution in [2.45, 2.75) is 107 Å². The van der Waals surface area contributed by atoms with Gasteiger partial charge in [-0.3, -0.25) is 0 Å². The molecule has 0 unspecified atom stereocenters. The molecule has 0 aliphatic heterocycles. The number of hydrogen-bond acceptors (Lipinski definition) is 0. The minimum Gasteiger partial charge on any atom is -0.0939 e. The molecule has 1 radical (unpaired) electrons. The Morgan fingerprint density at radius 2 is 0.923 bits per heavy atom. The summed E-state index contributed by atoms with van der Waals surface area (Å²) in [5.74, 6) is 6.95. The second-order valence-corrected chi connectivity index (χ2v) is 15.0. The molecule has 0 amide bonds. The van der Waals surface area contributed by atoms with Crippen molar-refractivity contribution in [2.24, 2.45) is 35.5 Å². The van der Waals surface area contributed by atoms with Crippen LogP contribution >= 0.6 is 7.92 Å². The van der Waals surface area contributed by atoms with Gasteiger partial charge in [-0.15, -0.1) is 0 Å². The molecule has 8 bridgehead atoms. The molecule has 0 aromatic rings. The fraction of sp³-hybridized carbons (Fsp3) is 1.00. The third kappa shape index (κ3) is 2.88. The fourth-order valence-corrected chi connectivity index (χ4v) is 15.5. The molecule has 8 rings (SSSR count). The van der Waals surface area contributed by atoms with E-state index in [4.69, 9.17) is 0 Å². The maximum Gasteiger partial charge on any atom is 1.00 e. The second-order valence-electron chi connectivity index (χ2n) is 11.8. The summed E-state index contributed by atoms with van der Waals surface area (Å²) in [4.78, 5) is 0. The van der Waals surface area contributed by atoms with Crippen LogP contribution in [0.1, 0.15) is 96.8 Å². The molecule has 8 aliphatic rings. The molecule has 0 heterocycles. The molecule has 0 atom stereocenters. The number of unbranched alkanes of at least 4 members (excludes halogenated alkanes) is 1. The quantitative estimate of drug-likeness (QED) is 0.298. The molecule has 0 N–H and O–H groups in total. The maximum atomic E-state index is 2.45. The zero-order valence-corrected chi connectivity index (χ0v) is 19.3. The first-order chi connectivity index (χ1) is 12.2. The van der Waals surface area contributed by atoms with Crippen molar-refractivity contribution in [1.82, 2.24) is 0 Å². The molecule has 0 spiro atoms. The Hall–Kier alpha value is 1.09. The summed E-state index contributed by atoms with van der Waals surface area (Å²) < 4.78 is 0. The smallest absolute Gasteiger partial charge is 0.0939 e. The van der Waals surface area contributed by atoms with E-state index in [0.717, 1.165) is 45.8 Å². The van der Waals surface area contributed by atoms with Gasteiger partial charge in [0.25, 0.3) is 0 Å². The molecule has 0 nitrogen and oxygen atoms in total. The molecule has 0 aromatic heterocycles. The molecular weight excluding hydrogens is 426 g/mol. The van der Waals surface area contributed by atoms with Crippen LogP contribution < -0.4 is 0 Å². The van der Waals surface area contributed by atoms with Gasteiger partial charge in [0.05, 0.1) is 0 Å². The molecule has 26 heavy (non-hydrogen) atoms. The van der Waals surface area contributed by atoms with Crippen LogP contribution in [0.4, 0.5) is 0 Å². The number of hydrogen-bond donors (Lipinski definition) is 0. The first kappa shape index (κ1) is 19.1. The number of rotatable bonds is 5. The van der Waals surface area contributed by atoms with E-state index in [1.54, 1.807) is 89.6 Å². The van der Waals surface area contributed by atoms with E-state index in [1.165, 1.54) is 6.42 Å². The molecule has 8 aliphatic carbocycles. The average Bonchev–Trinajstić information content (AvgIpc) is 2.52. The van der Waals surface area contributed by atoms with E-state index in [1.807, 2.05) is 0 Å². The zero-order chi connectivity index (χ0) is 16.6. The Kier molecular flexibility index (Phi) is 5.00. The molecular formula is C24H39PPd+. The molecule has 0 aromatic carbocycles. The normalized spacial score (nSPS) is 54.3. The van der Waals surface area contributed by atoms with E-state index in [9.17, 15) is 0 Å². The van der Waals surface area contributed by atoms with Crippen LogP contribution in [0.5, 0.6) is 0 Å². The van der Waals surface area contributed by atoms with Crippen molar-refractivity contribution in [2.75, 3.05) is 6.16 Å². The van der Waals surface area contributed by atoms with E-state index < -0.39 is 0 Å². The van der Waals surface area contributed by atoms with Gasteiger partial charge in [0.1, 0.15) is 0 Å². The van der Waals surface area contributed by atoms with Crippen LogP contribution in [0, 0.1) is 35.5 Å². The van der Waals surface area contributed by atoms with Crippen LogP contribution in [-0.4, -0.2) is 16.5 Å². The van der Waals surface area contributed by atoms with E-state index >= 15 is 0 Å². The zero-order valence-electron chi connectivity index (χ0n) is 16.8. The summed E-state index contributed by atoms with van der Waals surface area (Å²) in [5.41, 5.74) is 0. The van der Waals surface area contributed by atoms with Gasteiger partial charge in [0.2, 0.25) is 0 Å². The summed E-state index contributed by atoms with van der Waals surface area (Å²) in [6.45, 7) is 2.45. The van der Waals surface area contributed by atoms with Gasteiger partial charge >= 0.3 is 20.4 Å². The van der Waals surface area contributed by atoms with Crippen LogP contribution in [-0.2, 0) is 20.4 Å². The molecule has 0 saturated heterocycles. The van der Waals surface area contributed by atoms with Gasteiger partial charge in [0, 0.05) is 0 Å². The first-order valence-electron chi connectivity index (χ1n) is 11.9. The van der Waals surface area contributed by atoms with Gasteiger partial charge in [-0.25, -0.2) is 0 Å². The second kappa shape index (κ2) is 6.82. The Morgan fingerprint density at radius 1 is 0.615 bits per heavy atom. The van der Waals surface area contributed by atoms with Crippen molar-refractivity contribution in [3.8, 4) is 0 Å². The molecule has 149 valence electrons. The Labute approximate surface area is 176 Å². The summed E-state index contributed by atoms with van der Waals surface area (Å²) in [7, 11) is 0.285. The summed E-state index contributed by atoms with van der Waals surface area (Å²) in [5, 5.41) is 1.76. The Morgan fingerprint density at radius 3 is 1.19 bits per heavy atom. The van der Waals surface area contributed by atoms with Crippen LogP contribution in [0.15, 0.2) is 0 Å². The molecule has 8 saturated carbocycles. The van der Waals surface area contributed by atoms with Crippen LogP contribution in [0.2, 0.25) is 0 Å². The molecule has 8 fully saturated rings. The van der Waals surface area contributed by atoms with E-state index in [2.05, 4.69) is 6.92 Å². The topological polar surface area (TPSA) is 0 Å². The maximum absolute atomic E-state index is 2.45. The first-order valence-corrected chi connectivity index (χ1v) is 13.5. The predicted octanol–water partition coefficient (Wildman–Crippen LogP) is 7.20. The summed E-state index contributed by atoms with van der Waals surface area (Å²) in [6.07, 6.45) is 24.6. The third-order valence-electron chi connectivity index (χ3n) is 9.89. The summed E-state index contributed by atoms with van der Waals surface area (Å²) >= 11 is 0. The van der Waals surface area contributed by atoms with E-state index in [-0.39, 0.29) is 28.3 Å². The molecule has 2 heteroatoms. The SMILES string of the molecule is CCCCP(C12CC3CC(CC(C3)C1)C2)C12CC3CC(CC(C3)C1)C2.[Pd+]. The largest absolute Gasteiger partial charge is 1.00 e. The van der Waals surface area contributed by atoms with Crippen molar-refractivity contribution < 1.29 is 20.4 Å².